The maximum Gasteiger partial charge on any atom is 0.275 e. The summed E-state index contributed by atoms with van der Waals surface area (Å²) in [6.07, 6.45) is 1.56. The summed E-state index contributed by atoms with van der Waals surface area (Å²) >= 11 is 3.57. The Hall–Kier alpha value is -3.84. The van der Waals surface area contributed by atoms with Crippen molar-refractivity contribution in [3.05, 3.63) is 100 Å². The molecule has 1 amide bonds. The lowest BCUT2D eigenvalue weighted by atomic mass is 10.1. The number of carbonyl (C=O) groups is 1. The molecular formula is C28H25BrN2O4. The predicted molar refractivity (Wildman–Crippen MR) is 142 cm³/mol. The number of methoxy groups -OCH3 is 1. The van der Waals surface area contributed by atoms with Crippen molar-refractivity contribution < 1.29 is 19.0 Å². The molecule has 1 N–H and O–H groups in total. The molecule has 0 aliphatic carbocycles. The predicted octanol–water partition coefficient (Wildman–Crippen LogP) is 6.35. The van der Waals surface area contributed by atoms with Gasteiger partial charge in [-0.25, -0.2) is 5.43 Å². The number of nitrogens with one attached hydrogen (secondary N) is 1. The van der Waals surface area contributed by atoms with Crippen LogP contribution in [0.2, 0.25) is 0 Å². The number of fused-ring (bicyclic) bond motifs is 1. The monoisotopic (exact) mass is 532 g/mol. The Kier molecular flexibility index (Phi) is 8.00. The Morgan fingerprint density at radius 2 is 1.66 bits per heavy atom. The number of hydrogen-bond acceptors (Lipinski definition) is 5. The molecule has 178 valence electrons. The average molecular weight is 533 g/mol. The fourth-order valence-corrected chi connectivity index (χ4v) is 4.16. The fourth-order valence-electron chi connectivity index (χ4n) is 3.59. The maximum atomic E-state index is 12.8. The second-order valence-corrected chi connectivity index (χ2v) is 8.49. The Morgan fingerprint density at radius 3 is 2.37 bits per heavy atom. The minimum absolute atomic E-state index is 0.365. The Bertz CT molecular complexity index is 1360. The number of amides is 1. The van der Waals surface area contributed by atoms with Crippen LogP contribution >= 0.6 is 15.9 Å². The van der Waals surface area contributed by atoms with Crippen LogP contribution in [0.15, 0.2) is 88.4 Å². The Balaban J connectivity index is 1.50. The summed E-state index contributed by atoms with van der Waals surface area (Å²) in [5.74, 6) is 1.31. The second-order valence-electron chi connectivity index (χ2n) is 7.64. The molecule has 0 heterocycles. The Labute approximate surface area is 212 Å². The van der Waals surface area contributed by atoms with E-state index in [-0.39, 0.29) is 5.91 Å². The van der Waals surface area contributed by atoms with Crippen molar-refractivity contribution in [2.24, 2.45) is 5.10 Å². The number of benzene rings is 4. The van der Waals surface area contributed by atoms with E-state index in [1.807, 2.05) is 79.7 Å². The van der Waals surface area contributed by atoms with Crippen molar-refractivity contribution in [2.45, 2.75) is 13.5 Å². The van der Waals surface area contributed by atoms with Gasteiger partial charge in [-0.1, -0.05) is 54.6 Å². The zero-order chi connectivity index (χ0) is 24.6. The molecule has 0 atom stereocenters. The van der Waals surface area contributed by atoms with Crippen molar-refractivity contribution >= 4 is 38.8 Å². The molecule has 0 unspecified atom stereocenters. The van der Waals surface area contributed by atoms with E-state index in [4.69, 9.17) is 14.2 Å². The smallest absolute Gasteiger partial charge is 0.275 e. The van der Waals surface area contributed by atoms with Crippen LogP contribution in [0, 0.1) is 0 Å². The molecule has 0 bridgehead atoms. The third kappa shape index (κ3) is 6.00. The summed E-state index contributed by atoms with van der Waals surface area (Å²) in [6.45, 7) is 2.80. The molecule has 0 fully saturated rings. The molecule has 0 aliphatic rings. The summed E-state index contributed by atoms with van der Waals surface area (Å²) < 4.78 is 18.0. The largest absolute Gasteiger partial charge is 0.496 e. The van der Waals surface area contributed by atoms with Gasteiger partial charge in [0.15, 0.2) is 11.5 Å². The summed E-state index contributed by atoms with van der Waals surface area (Å²) in [5.41, 5.74) is 4.78. The van der Waals surface area contributed by atoms with Crippen molar-refractivity contribution in [3.63, 3.8) is 0 Å². The first-order chi connectivity index (χ1) is 17.1. The minimum Gasteiger partial charge on any atom is -0.496 e. The summed E-state index contributed by atoms with van der Waals surface area (Å²) in [4.78, 5) is 12.8. The minimum atomic E-state index is -0.365. The SMILES string of the molecule is CCOc1cc(/C=N\NC(=O)c2cc3ccccc3cc2OC)cc(Br)c1OCc1ccccc1. The van der Waals surface area contributed by atoms with E-state index in [9.17, 15) is 4.79 Å². The van der Waals surface area contributed by atoms with E-state index in [1.54, 1.807) is 19.4 Å². The molecule has 4 aromatic carbocycles. The van der Waals surface area contributed by atoms with Crippen LogP contribution in [0.25, 0.3) is 10.8 Å². The highest BCUT2D eigenvalue weighted by atomic mass is 79.9. The fraction of sp³-hybridized carbons (Fsp3) is 0.143. The third-order valence-corrected chi connectivity index (χ3v) is 5.84. The highest BCUT2D eigenvalue weighted by Crippen LogP contribution is 2.37. The number of hydrazone groups is 1. The van der Waals surface area contributed by atoms with Gasteiger partial charge in [-0.3, -0.25) is 4.79 Å². The first kappa shape index (κ1) is 24.3. The molecule has 4 aromatic rings. The second kappa shape index (κ2) is 11.5. The van der Waals surface area contributed by atoms with Crippen LogP contribution in [0.1, 0.15) is 28.4 Å². The van der Waals surface area contributed by atoms with Gasteiger partial charge in [0.1, 0.15) is 12.4 Å². The van der Waals surface area contributed by atoms with Crippen LogP contribution in [0.4, 0.5) is 0 Å². The van der Waals surface area contributed by atoms with Crippen LogP contribution in [-0.2, 0) is 6.61 Å². The van der Waals surface area contributed by atoms with Gasteiger partial charge in [0.25, 0.3) is 5.91 Å². The van der Waals surface area contributed by atoms with Gasteiger partial charge in [0.05, 0.1) is 30.0 Å². The van der Waals surface area contributed by atoms with Crippen molar-refractivity contribution in [2.75, 3.05) is 13.7 Å². The van der Waals surface area contributed by atoms with Gasteiger partial charge in [0.2, 0.25) is 0 Å². The number of carbonyl (C=O) groups excluding carboxylic acids is 1. The highest BCUT2D eigenvalue weighted by molar-refractivity contribution is 9.10. The summed E-state index contributed by atoms with van der Waals surface area (Å²) in [7, 11) is 1.54. The molecule has 0 saturated heterocycles. The van der Waals surface area contributed by atoms with Crippen LogP contribution < -0.4 is 19.6 Å². The molecule has 4 rings (SSSR count). The quantitative estimate of drug-likeness (QED) is 0.201. The van der Waals surface area contributed by atoms with E-state index >= 15 is 0 Å². The molecule has 0 spiro atoms. The standard InChI is InChI=1S/C28H25BrN2O4/c1-3-34-26-14-20(13-24(29)27(26)35-18-19-9-5-4-6-10-19)17-30-31-28(32)23-15-21-11-7-8-12-22(21)16-25(23)33-2/h4-17H,3,18H2,1-2H3,(H,31,32)/b30-17-. The maximum absolute atomic E-state index is 12.8. The number of ether oxygens (including phenoxy) is 3. The van der Waals surface area contributed by atoms with Gasteiger partial charge < -0.3 is 14.2 Å². The summed E-state index contributed by atoms with van der Waals surface area (Å²) in [6, 6.07) is 25.0. The molecule has 0 aliphatic heterocycles. The van der Waals surface area contributed by atoms with E-state index in [2.05, 4.69) is 26.5 Å². The van der Waals surface area contributed by atoms with E-state index in [0.717, 1.165) is 26.4 Å². The molecular weight excluding hydrogens is 508 g/mol. The molecule has 0 aromatic heterocycles. The number of nitrogens with zero attached hydrogens (tertiary/aromatic N) is 1. The molecule has 7 heteroatoms. The lowest BCUT2D eigenvalue weighted by Gasteiger charge is -2.14. The van der Waals surface area contributed by atoms with Crippen LogP contribution in [-0.4, -0.2) is 25.8 Å². The highest BCUT2D eigenvalue weighted by Gasteiger charge is 2.14. The van der Waals surface area contributed by atoms with Crippen molar-refractivity contribution in [1.82, 2.24) is 5.43 Å². The molecule has 35 heavy (non-hydrogen) atoms. The summed E-state index contributed by atoms with van der Waals surface area (Å²) in [5, 5.41) is 6.08. The first-order valence-corrected chi connectivity index (χ1v) is 11.9. The van der Waals surface area contributed by atoms with Gasteiger partial charge >= 0.3 is 0 Å². The van der Waals surface area contributed by atoms with Gasteiger partial charge in [0, 0.05) is 0 Å². The zero-order valence-corrected chi connectivity index (χ0v) is 21.0. The van der Waals surface area contributed by atoms with E-state index < -0.39 is 0 Å². The number of hydrogen-bond donors (Lipinski definition) is 1. The van der Waals surface area contributed by atoms with E-state index in [1.165, 1.54) is 0 Å². The van der Waals surface area contributed by atoms with Gasteiger partial charge in [-0.05, 0) is 69.0 Å². The first-order valence-electron chi connectivity index (χ1n) is 11.1. The lowest BCUT2D eigenvalue weighted by Crippen LogP contribution is -2.18. The number of halogens is 1. The van der Waals surface area contributed by atoms with Gasteiger partial charge in [-0.2, -0.15) is 5.10 Å². The van der Waals surface area contributed by atoms with Crippen LogP contribution in [0.3, 0.4) is 0 Å². The molecule has 0 radical (unpaired) electrons. The number of rotatable bonds is 9. The average Bonchev–Trinajstić information content (AvgIpc) is 2.88. The zero-order valence-electron chi connectivity index (χ0n) is 19.5. The lowest BCUT2D eigenvalue weighted by molar-refractivity contribution is 0.0952. The topological polar surface area (TPSA) is 69.2 Å². The van der Waals surface area contributed by atoms with Crippen molar-refractivity contribution in [3.8, 4) is 17.2 Å². The van der Waals surface area contributed by atoms with Gasteiger partial charge in [-0.15, -0.1) is 0 Å². The van der Waals surface area contributed by atoms with E-state index in [0.29, 0.717) is 36.0 Å². The molecule has 6 nitrogen and oxygen atoms in total. The van der Waals surface area contributed by atoms with Crippen molar-refractivity contribution in [1.29, 1.82) is 0 Å². The van der Waals surface area contributed by atoms with Crippen LogP contribution in [0.5, 0.6) is 17.2 Å². The Morgan fingerprint density at radius 1 is 0.943 bits per heavy atom. The molecule has 0 saturated carbocycles. The normalized spacial score (nSPS) is 10.9. The third-order valence-electron chi connectivity index (χ3n) is 5.25.